The van der Waals surface area contributed by atoms with E-state index in [0.717, 1.165) is 24.7 Å². The van der Waals surface area contributed by atoms with Gasteiger partial charge in [-0.25, -0.2) is 0 Å². The molecule has 23 heavy (non-hydrogen) atoms. The second-order valence-electron chi connectivity index (χ2n) is 8.67. The lowest BCUT2D eigenvalue weighted by molar-refractivity contribution is -0.118. The number of aliphatic hydroxyl groups excluding tert-OH is 1. The molecule has 4 aliphatic rings. The van der Waals surface area contributed by atoms with Gasteiger partial charge in [-0.15, -0.1) is 0 Å². The van der Waals surface area contributed by atoms with Crippen LogP contribution in [0, 0.1) is 28.6 Å². The minimum Gasteiger partial charge on any atom is -0.395 e. The highest BCUT2D eigenvalue weighted by atomic mass is 16.3. The molecule has 0 saturated heterocycles. The summed E-state index contributed by atoms with van der Waals surface area (Å²) < 4.78 is 0. The van der Waals surface area contributed by atoms with E-state index in [2.05, 4.69) is 19.9 Å². The highest BCUT2D eigenvalue weighted by Gasteiger charge is 2.58. The lowest BCUT2D eigenvalue weighted by Crippen LogP contribution is -2.52. The first kappa shape index (κ1) is 15.6. The molecule has 0 aliphatic heterocycles. The molecule has 2 heteroatoms. The van der Waals surface area contributed by atoms with E-state index < -0.39 is 0 Å². The highest BCUT2D eigenvalue weighted by Crippen LogP contribution is 2.66. The molecule has 126 valence electrons. The molecular weight excluding hydrogens is 284 g/mol. The maximum Gasteiger partial charge on any atom is 0.155 e. The summed E-state index contributed by atoms with van der Waals surface area (Å²) in [5.74, 6) is 2.40. The van der Waals surface area contributed by atoms with Crippen molar-refractivity contribution in [2.24, 2.45) is 28.6 Å². The number of carbonyl (C=O) groups is 1. The Morgan fingerprint density at radius 2 is 2.00 bits per heavy atom. The molecule has 0 spiro atoms. The van der Waals surface area contributed by atoms with Gasteiger partial charge in [-0.05, 0) is 81.1 Å². The fourth-order valence-corrected chi connectivity index (χ4v) is 6.98. The fourth-order valence-electron chi connectivity index (χ4n) is 6.98. The summed E-state index contributed by atoms with van der Waals surface area (Å²) in [6.45, 7) is 4.95. The van der Waals surface area contributed by atoms with Gasteiger partial charge in [-0.1, -0.05) is 24.1 Å². The second-order valence-corrected chi connectivity index (χ2v) is 8.67. The highest BCUT2D eigenvalue weighted by molar-refractivity contribution is 5.91. The molecule has 1 N–H and O–H groups in total. The van der Waals surface area contributed by atoms with E-state index in [4.69, 9.17) is 0 Å². The summed E-state index contributed by atoms with van der Waals surface area (Å²) in [5.41, 5.74) is 3.29. The van der Waals surface area contributed by atoms with Crippen molar-refractivity contribution in [2.45, 2.75) is 65.2 Å². The zero-order valence-corrected chi connectivity index (χ0v) is 14.6. The Labute approximate surface area is 140 Å². The Balaban J connectivity index is 1.72. The van der Waals surface area contributed by atoms with E-state index in [-0.39, 0.29) is 17.8 Å². The first-order valence-corrected chi connectivity index (χ1v) is 9.55. The van der Waals surface area contributed by atoms with Gasteiger partial charge in [0.05, 0.1) is 6.61 Å². The number of hydrogen-bond acceptors (Lipinski definition) is 2. The summed E-state index contributed by atoms with van der Waals surface area (Å²) in [5, 5.41) is 10.3. The Bertz CT molecular complexity index is 587. The normalized spacial score (nSPS) is 47.8. The molecule has 0 unspecified atom stereocenters. The van der Waals surface area contributed by atoms with Crippen LogP contribution in [0.4, 0.5) is 0 Å². The van der Waals surface area contributed by atoms with Crippen molar-refractivity contribution in [2.75, 3.05) is 6.61 Å². The molecule has 4 rings (SSSR count). The monoisotopic (exact) mass is 314 g/mol. The van der Waals surface area contributed by atoms with Crippen LogP contribution in [0.5, 0.6) is 0 Å². The smallest absolute Gasteiger partial charge is 0.155 e. The predicted octanol–water partition coefficient (Wildman–Crippen LogP) is 4.44. The maximum atomic E-state index is 11.9. The number of fused-ring (bicyclic) bond motifs is 5. The molecule has 0 heterocycles. The molecule has 3 saturated carbocycles. The molecule has 0 amide bonds. The second kappa shape index (κ2) is 5.31. The standard InChI is InChI=1S/C21H30O2/c1-3-14-5-7-18-17-6-4-15-12-16(23)8-11-21(15,13-22)19(17)9-10-20(14,18)2/h3,12,17-19,22H,4-11,13H2,1-2H3/b14-3+/t17-,18-,19-,20+,21+/m0/s1. The van der Waals surface area contributed by atoms with Gasteiger partial charge in [0.15, 0.2) is 5.78 Å². The van der Waals surface area contributed by atoms with E-state index in [0.29, 0.717) is 17.8 Å². The summed E-state index contributed by atoms with van der Waals surface area (Å²) in [6.07, 6.45) is 13.1. The van der Waals surface area contributed by atoms with Gasteiger partial charge in [0, 0.05) is 11.8 Å². The van der Waals surface area contributed by atoms with Gasteiger partial charge in [0.2, 0.25) is 0 Å². The summed E-state index contributed by atoms with van der Waals surface area (Å²) >= 11 is 0. The fraction of sp³-hybridized carbons (Fsp3) is 0.762. The average molecular weight is 314 g/mol. The maximum absolute atomic E-state index is 11.9. The van der Waals surface area contributed by atoms with Gasteiger partial charge in [-0.3, -0.25) is 4.79 Å². The molecule has 0 bridgehead atoms. The van der Waals surface area contributed by atoms with Gasteiger partial charge >= 0.3 is 0 Å². The van der Waals surface area contributed by atoms with E-state index in [1.165, 1.54) is 37.7 Å². The molecule has 0 aromatic rings. The van der Waals surface area contributed by atoms with Gasteiger partial charge in [0.25, 0.3) is 0 Å². The van der Waals surface area contributed by atoms with Crippen LogP contribution < -0.4 is 0 Å². The number of carbonyl (C=O) groups excluding carboxylic acids is 1. The lowest BCUT2D eigenvalue weighted by Gasteiger charge is -2.58. The van der Waals surface area contributed by atoms with Gasteiger partial charge in [0.1, 0.15) is 0 Å². The predicted molar refractivity (Wildman–Crippen MR) is 91.9 cm³/mol. The first-order chi connectivity index (χ1) is 11.0. The van der Waals surface area contributed by atoms with Crippen molar-refractivity contribution in [1.29, 1.82) is 0 Å². The van der Waals surface area contributed by atoms with Gasteiger partial charge < -0.3 is 5.11 Å². The van der Waals surface area contributed by atoms with Crippen molar-refractivity contribution in [3.05, 3.63) is 23.3 Å². The third kappa shape index (κ3) is 2.00. The van der Waals surface area contributed by atoms with E-state index >= 15 is 0 Å². The third-order valence-electron chi connectivity index (χ3n) is 8.16. The quantitative estimate of drug-likeness (QED) is 0.727. The van der Waals surface area contributed by atoms with Crippen molar-refractivity contribution in [3.8, 4) is 0 Å². The number of allylic oxidation sites excluding steroid dienone is 2. The SMILES string of the molecule is C/C=C1\CC[C@H]2[C@@H]3CCC4=CC(=O)CC[C@]4(CO)[C@H]3CC[C@]12C. The molecule has 5 atom stereocenters. The van der Waals surface area contributed by atoms with Crippen LogP contribution in [0.1, 0.15) is 65.2 Å². The Morgan fingerprint density at radius 3 is 2.74 bits per heavy atom. The molecule has 4 aliphatic carbocycles. The Kier molecular flexibility index (Phi) is 3.61. The summed E-state index contributed by atoms with van der Waals surface area (Å²) in [6, 6.07) is 0. The van der Waals surface area contributed by atoms with Crippen molar-refractivity contribution >= 4 is 5.78 Å². The number of ketones is 1. The van der Waals surface area contributed by atoms with Crippen molar-refractivity contribution in [1.82, 2.24) is 0 Å². The molecule has 0 radical (unpaired) electrons. The van der Waals surface area contributed by atoms with Crippen LogP contribution in [0.15, 0.2) is 23.3 Å². The Morgan fingerprint density at radius 1 is 1.17 bits per heavy atom. The van der Waals surface area contributed by atoms with Crippen molar-refractivity contribution in [3.63, 3.8) is 0 Å². The van der Waals surface area contributed by atoms with E-state index in [9.17, 15) is 9.90 Å². The van der Waals surface area contributed by atoms with Crippen LogP contribution in [-0.2, 0) is 4.79 Å². The largest absolute Gasteiger partial charge is 0.395 e. The minimum absolute atomic E-state index is 0.0726. The van der Waals surface area contributed by atoms with Crippen LogP contribution in [0.2, 0.25) is 0 Å². The molecule has 3 fully saturated rings. The Hall–Kier alpha value is -0.890. The number of aliphatic hydroxyl groups is 1. The zero-order valence-electron chi connectivity index (χ0n) is 14.6. The summed E-state index contributed by atoms with van der Waals surface area (Å²) in [4.78, 5) is 11.9. The van der Waals surface area contributed by atoms with Crippen LogP contribution in [-0.4, -0.2) is 17.5 Å². The van der Waals surface area contributed by atoms with E-state index in [1.807, 2.05) is 6.08 Å². The minimum atomic E-state index is -0.0726. The molecular formula is C21H30O2. The average Bonchev–Trinajstić information content (AvgIpc) is 2.90. The van der Waals surface area contributed by atoms with E-state index in [1.54, 1.807) is 5.57 Å². The van der Waals surface area contributed by atoms with Crippen molar-refractivity contribution < 1.29 is 9.90 Å². The summed E-state index contributed by atoms with van der Waals surface area (Å²) in [7, 11) is 0. The van der Waals surface area contributed by atoms with Crippen LogP contribution >= 0.6 is 0 Å². The topological polar surface area (TPSA) is 37.3 Å². The van der Waals surface area contributed by atoms with Crippen LogP contribution in [0.25, 0.3) is 0 Å². The molecule has 0 aromatic heterocycles. The number of hydrogen-bond donors (Lipinski definition) is 1. The first-order valence-electron chi connectivity index (χ1n) is 9.55. The zero-order chi connectivity index (χ0) is 16.2. The van der Waals surface area contributed by atoms with Crippen LogP contribution in [0.3, 0.4) is 0 Å². The molecule has 0 aromatic carbocycles. The molecule has 2 nitrogen and oxygen atoms in total. The third-order valence-corrected chi connectivity index (χ3v) is 8.16. The van der Waals surface area contributed by atoms with Gasteiger partial charge in [-0.2, -0.15) is 0 Å². The number of rotatable bonds is 1. The lowest BCUT2D eigenvalue weighted by atomic mass is 9.47.